The highest BCUT2D eigenvalue weighted by molar-refractivity contribution is 5.20. The van der Waals surface area contributed by atoms with Crippen molar-refractivity contribution in [2.75, 3.05) is 13.1 Å². The van der Waals surface area contributed by atoms with Gasteiger partial charge in [0.25, 0.3) is 5.56 Å². The second-order valence-corrected chi connectivity index (χ2v) is 7.73. The van der Waals surface area contributed by atoms with Crippen LogP contribution in [0, 0.1) is 5.92 Å². The Morgan fingerprint density at radius 2 is 2.04 bits per heavy atom. The molecule has 5 rings (SSSR count). The summed E-state index contributed by atoms with van der Waals surface area (Å²) in [5.74, 6) is 2.57. The smallest absolute Gasteiger partial charge is 0.267 e. The van der Waals surface area contributed by atoms with Crippen LogP contribution in [0.2, 0.25) is 0 Å². The maximum Gasteiger partial charge on any atom is 0.267 e. The van der Waals surface area contributed by atoms with Gasteiger partial charge in [-0.1, -0.05) is 5.16 Å². The molecule has 0 bridgehead atoms. The monoisotopic (exact) mass is 341 g/mol. The Kier molecular flexibility index (Phi) is 3.69. The number of likely N-dealkylation sites (tertiary alicyclic amines) is 1. The third-order valence-electron chi connectivity index (χ3n) is 5.51. The second-order valence-electron chi connectivity index (χ2n) is 7.73. The maximum atomic E-state index is 12.3. The van der Waals surface area contributed by atoms with Crippen molar-refractivity contribution in [3.05, 3.63) is 39.4 Å². The quantitative estimate of drug-likeness (QED) is 0.820. The van der Waals surface area contributed by atoms with Gasteiger partial charge in [-0.25, -0.2) is 4.68 Å². The summed E-state index contributed by atoms with van der Waals surface area (Å²) < 4.78 is 6.98. The van der Waals surface area contributed by atoms with Crippen LogP contribution in [0.25, 0.3) is 0 Å². The SMILES string of the molecule is O=c1cc2c(nn1CC1CN(Cc3noc(C4CC4)n3)C1)CCCC2. The Bertz CT molecular complexity index is 832. The van der Waals surface area contributed by atoms with Gasteiger partial charge in [0.15, 0.2) is 5.82 Å². The molecule has 2 aromatic heterocycles. The zero-order valence-electron chi connectivity index (χ0n) is 14.4. The molecule has 25 heavy (non-hydrogen) atoms. The average Bonchev–Trinajstić information content (AvgIpc) is 3.33. The molecule has 1 saturated heterocycles. The molecule has 7 nitrogen and oxygen atoms in total. The summed E-state index contributed by atoms with van der Waals surface area (Å²) in [4.78, 5) is 19.0. The minimum atomic E-state index is 0.0475. The van der Waals surface area contributed by atoms with Crippen molar-refractivity contribution in [2.24, 2.45) is 5.92 Å². The topological polar surface area (TPSA) is 77.0 Å². The van der Waals surface area contributed by atoms with Crippen LogP contribution >= 0.6 is 0 Å². The summed E-state index contributed by atoms with van der Waals surface area (Å²) in [6.07, 6.45) is 6.72. The van der Waals surface area contributed by atoms with E-state index in [1.165, 1.54) is 25.7 Å². The molecule has 1 aliphatic heterocycles. The molecule has 2 aromatic rings. The molecular weight excluding hydrogens is 318 g/mol. The van der Waals surface area contributed by atoms with E-state index in [-0.39, 0.29) is 5.56 Å². The Morgan fingerprint density at radius 3 is 2.88 bits per heavy atom. The molecule has 0 amide bonds. The van der Waals surface area contributed by atoms with Gasteiger partial charge in [-0.15, -0.1) is 0 Å². The molecule has 0 unspecified atom stereocenters. The lowest BCUT2D eigenvalue weighted by molar-refractivity contribution is 0.0730. The third-order valence-corrected chi connectivity index (χ3v) is 5.51. The zero-order chi connectivity index (χ0) is 16.8. The third kappa shape index (κ3) is 3.13. The van der Waals surface area contributed by atoms with Crippen molar-refractivity contribution < 1.29 is 4.52 Å². The Labute approximate surface area is 146 Å². The first-order chi connectivity index (χ1) is 12.2. The summed E-state index contributed by atoms with van der Waals surface area (Å²) in [5, 5.41) is 8.69. The fourth-order valence-corrected chi connectivity index (χ4v) is 3.93. The zero-order valence-corrected chi connectivity index (χ0v) is 14.4. The number of fused-ring (bicyclic) bond motifs is 1. The molecular formula is C18H23N5O2. The van der Waals surface area contributed by atoms with Gasteiger partial charge in [0.2, 0.25) is 5.89 Å². The van der Waals surface area contributed by atoms with Crippen LogP contribution in [0.3, 0.4) is 0 Å². The van der Waals surface area contributed by atoms with E-state index in [4.69, 9.17) is 4.52 Å². The highest BCUT2D eigenvalue weighted by Gasteiger charge is 2.32. The Balaban J connectivity index is 1.17. The maximum absolute atomic E-state index is 12.3. The number of nitrogens with zero attached hydrogens (tertiary/aromatic N) is 5. The van der Waals surface area contributed by atoms with Crippen LogP contribution in [-0.4, -0.2) is 37.9 Å². The highest BCUT2D eigenvalue weighted by atomic mass is 16.5. The number of hydrogen-bond acceptors (Lipinski definition) is 6. The molecule has 2 fully saturated rings. The molecule has 2 aliphatic carbocycles. The molecule has 0 atom stereocenters. The number of aryl methyl sites for hydroxylation is 2. The van der Waals surface area contributed by atoms with E-state index in [1.54, 1.807) is 10.7 Å². The second kappa shape index (κ2) is 6.05. The van der Waals surface area contributed by atoms with Gasteiger partial charge in [-0.2, -0.15) is 10.1 Å². The van der Waals surface area contributed by atoms with Crippen LogP contribution in [0.15, 0.2) is 15.4 Å². The lowest BCUT2D eigenvalue weighted by Crippen LogP contribution is -2.49. The van der Waals surface area contributed by atoms with E-state index in [2.05, 4.69) is 20.1 Å². The molecule has 1 saturated carbocycles. The highest BCUT2D eigenvalue weighted by Crippen LogP contribution is 2.38. The number of hydrogen-bond donors (Lipinski definition) is 0. The first kappa shape index (κ1) is 15.3. The normalized spacial score (nSPS) is 21.1. The van der Waals surface area contributed by atoms with Gasteiger partial charge in [0.05, 0.1) is 18.8 Å². The molecule has 132 valence electrons. The lowest BCUT2D eigenvalue weighted by atomic mass is 9.96. The van der Waals surface area contributed by atoms with Crippen LogP contribution in [-0.2, 0) is 25.9 Å². The minimum absolute atomic E-state index is 0.0475. The molecule has 0 N–H and O–H groups in total. The summed E-state index contributed by atoms with van der Waals surface area (Å²) >= 11 is 0. The summed E-state index contributed by atoms with van der Waals surface area (Å²) in [7, 11) is 0. The van der Waals surface area contributed by atoms with Crippen molar-refractivity contribution in [1.82, 2.24) is 24.8 Å². The van der Waals surface area contributed by atoms with E-state index in [1.807, 2.05) is 0 Å². The summed E-state index contributed by atoms with van der Waals surface area (Å²) in [6.45, 7) is 3.36. The van der Waals surface area contributed by atoms with Crippen LogP contribution in [0.4, 0.5) is 0 Å². The fraction of sp³-hybridized carbons (Fsp3) is 0.667. The van der Waals surface area contributed by atoms with Crippen molar-refractivity contribution in [1.29, 1.82) is 0 Å². The Morgan fingerprint density at radius 1 is 1.20 bits per heavy atom. The Hall–Kier alpha value is -2.02. The van der Waals surface area contributed by atoms with E-state index in [9.17, 15) is 4.79 Å². The number of rotatable bonds is 5. The molecule has 0 aromatic carbocycles. The van der Waals surface area contributed by atoms with Gasteiger partial charge in [0.1, 0.15) is 0 Å². The van der Waals surface area contributed by atoms with Crippen molar-refractivity contribution in [2.45, 2.75) is 57.5 Å². The van der Waals surface area contributed by atoms with Gasteiger partial charge < -0.3 is 4.52 Å². The van der Waals surface area contributed by atoms with Crippen molar-refractivity contribution in [3.8, 4) is 0 Å². The largest absolute Gasteiger partial charge is 0.339 e. The number of aromatic nitrogens is 4. The van der Waals surface area contributed by atoms with E-state index in [0.29, 0.717) is 18.4 Å². The molecule has 3 aliphatic rings. The van der Waals surface area contributed by atoms with Crippen LogP contribution in [0.1, 0.15) is 54.6 Å². The first-order valence-corrected chi connectivity index (χ1v) is 9.39. The van der Waals surface area contributed by atoms with Crippen molar-refractivity contribution in [3.63, 3.8) is 0 Å². The van der Waals surface area contributed by atoms with E-state index < -0.39 is 0 Å². The van der Waals surface area contributed by atoms with Crippen LogP contribution in [0.5, 0.6) is 0 Å². The van der Waals surface area contributed by atoms with Gasteiger partial charge in [-0.3, -0.25) is 9.69 Å². The molecule has 0 radical (unpaired) electrons. The van der Waals surface area contributed by atoms with E-state index in [0.717, 1.165) is 55.4 Å². The van der Waals surface area contributed by atoms with Gasteiger partial charge in [-0.05, 0) is 44.1 Å². The van der Waals surface area contributed by atoms with Crippen LogP contribution < -0.4 is 5.56 Å². The molecule has 0 spiro atoms. The van der Waals surface area contributed by atoms with Gasteiger partial charge in [0, 0.05) is 31.0 Å². The predicted octanol–water partition coefficient (Wildman–Crippen LogP) is 1.51. The summed E-state index contributed by atoms with van der Waals surface area (Å²) in [5.41, 5.74) is 2.33. The fourth-order valence-electron chi connectivity index (χ4n) is 3.93. The predicted molar refractivity (Wildman–Crippen MR) is 90.2 cm³/mol. The lowest BCUT2D eigenvalue weighted by Gasteiger charge is -2.38. The van der Waals surface area contributed by atoms with E-state index >= 15 is 0 Å². The minimum Gasteiger partial charge on any atom is -0.339 e. The van der Waals surface area contributed by atoms with Crippen molar-refractivity contribution >= 4 is 0 Å². The summed E-state index contributed by atoms with van der Waals surface area (Å²) in [6, 6.07) is 1.80. The first-order valence-electron chi connectivity index (χ1n) is 9.39. The average molecular weight is 341 g/mol. The molecule has 3 heterocycles. The van der Waals surface area contributed by atoms with Gasteiger partial charge >= 0.3 is 0 Å². The molecule has 7 heteroatoms. The standard InChI is InChI=1S/C18H23N5O2/c24-17-7-14-3-1-2-4-15(14)20-23(17)10-12-8-22(9-12)11-16-19-18(25-21-16)13-5-6-13/h7,12-13H,1-6,8-11H2.